The second-order valence-corrected chi connectivity index (χ2v) is 6.69. The smallest absolute Gasteiger partial charge is 0.479 e. The summed E-state index contributed by atoms with van der Waals surface area (Å²) in [6, 6.07) is -3.33. The van der Waals surface area contributed by atoms with Crippen molar-refractivity contribution in [2.75, 3.05) is 6.61 Å². The van der Waals surface area contributed by atoms with Crippen molar-refractivity contribution in [2.24, 2.45) is 16.5 Å². The van der Waals surface area contributed by atoms with Gasteiger partial charge in [-0.2, -0.15) is 13.2 Å². The van der Waals surface area contributed by atoms with E-state index in [9.17, 15) is 42.9 Å². The number of hydrogen-bond acceptors (Lipinski definition) is 8. The van der Waals surface area contributed by atoms with Gasteiger partial charge >= 0.3 is 18.1 Å². The lowest BCUT2D eigenvalue weighted by Gasteiger charge is -2.40. The van der Waals surface area contributed by atoms with Gasteiger partial charge in [0.2, 0.25) is 17.6 Å². The first-order valence-corrected chi connectivity index (χ1v) is 9.41. The van der Waals surface area contributed by atoms with Crippen LogP contribution in [0.5, 0.6) is 0 Å². The molecule has 1 heterocycles. The molecule has 17 heteroatoms. The minimum atomic E-state index is -5.08. The van der Waals surface area contributed by atoms with Crippen LogP contribution in [-0.2, 0) is 23.9 Å². The maximum Gasteiger partial charge on any atom is 0.490 e. The topological polar surface area (TPSA) is 247 Å². The highest BCUT2D eigenvalue weighted by Gasteiger charge is 2.45. The summed E-state index contributed by atoms with van der Waals surface area (Å²) in [5.74, 6) is -6.08. The lowest BCUT2D eigenvalue weighted by atomic mass is 9.90. The highest BCUT2D eigenvalue weighted by atomic mass is 19.4. The lowest BCUT2D eigenvalue weighted by molar-refractivity contribution is -0.192. The monoisotopic (exact) mass is 501 g/mol. The van der Waals surface area contributed by atoms with Gasteiger partial charge in [0.05, 0.1) is 24.7 Å². The maximum absolute atomic E-state index is 11.8. The molecule has 0 unspecified atom stereocenters. The average Bonchev–Trinajstić information content (AvgIpc) is 2.71. The molecule has 10 N–H and O–H groups in total. The van der Waals surface area contributed by atoms with Crippen LogP contribution in [0.25, 0.3) is 0 Å². The Morgan fingerprint density at radius 2 is 1.76 bits per heavy atom. The standard InChI is InChI=1S/C15H25N5O7.C2HF3O2/c1-3-10(24)20-12(8(23)5-21)13-11(18-6(2)22)7(19-15(16)17)4-9(27-13)14(25)26;3-2(4,5)1(6)7/h4,7-8,11-13,21,23H,3,5H2,1-2H3,(H,18,22)(H,20,24)(H,25,26)(H4,16,17,19);(H,6,7)/t7-,8+,11+,12+,13+;/m0./s1. The van der Waals surface area contributed by atoms with E-state index in [1.54, 1.807) is 6.92 Å². The number of alkyl halides is 3. The van der Waals surface area contributed by atoms with Gasteiger partial charge in [-0.05, 0) is 6.08 Å². The third-order valence-corrected chi connectivity index (χ3v) is 4.03. The second kappa shape index (κ2) is 13.2. The van der Waals surface area contributed by atoms with Gasteiger partial charge in [0.25, 0.3) is 0 Å². The molecule has 34 heavy (non-hydrogen) atoms. The van der Waals surface area contributed by atoms with E-state index in [0.717, 1.165) is 6.08 Å². The van der Waals surface area contributed by atoms with Crippen molar-refractivity contribution in [3.8, 4) is 0 Å². The van der Waals surface area contributed by atoms with Crippen molar-refractivity contribution < 1.29 is 57.5 Å². The largest absolute Gasteiger partial charge is 0.490 e. The van der Waals surface area contributed by atoms with Gasteiger partial charge in [-0.3, -0.25) is 9.59 Å². The number of carboxylic acid groups (broad SMARTS) is 2. The van der Waals surface area contributed by atoms with Crippen molar-refractivity contribution in [2.45, 2.75) is 56.8 Å². The molecule has 0 radical (unpaired) electrons. The average molecular weight is 501 g/mol. The number of guanidine groups is 1. The van der Waals surface area contributed by atoms with Crippen molar-refractivity contribution >= 4 is 29.7 Å². The van der Waals surface area contributed by atoms with E-state index in [1.807, 2.05) is 0 Å². The summed E-state index contributed by atoms with van der Waals surface area (Å²) in [6.45, 7) is 2.03. The van der Waals surface area contributed by atoms with Crippen LogP contribution in [0.15, 0.2) is 16.8 Å². The number of aliphatic imine (C=N–C) groups is 1. The molecule has 5 atom stereocenters. The highest BCUT2D eigenvalue weighted by Crippen LogP contribution is 2.25. The number of aliphatic hydroxyl groups is 2. The summed E-state index contributed by atoms with van der Waals surface area (Å²) in [5.41, 5.74) is 10.8. The lowest BCUT2D eigenvalue weighted by Crippen LogP contribution is -2.64. The van der Waals surface area contributed by atoms with E-state index < -0.39 is 72.6 Å². The van der Waals surface area contributed by atoms with Gasteiger partial charge in [-0.25, -0.2) is 14.6 Å². The molecule has 0 spiro atoms. The fourth-order valence-electron chi connectivity index (χ4n) is 2.62. The Balaban J connectivity index is 0.00000135. The summed E-state index contributed by atoms with van der Waals surface area (Å²) in [4.78, 5) is 47.7. The predicted molar refractivity (Wildman–Crippen MR) is 107 cm³/mol. The molecule has 1 aliphatic heterocycles. The normalized spacial score (nSPS) is 21.3. The molecule has 1 rings (SSSR count). The number of ether oxygens (including phenoxy) is 1. The van der Waals surface area contributed by atoms with Crippen LogP contribution < -0.4 is 22.1 Å². The Hall–Kier alpha value is -3.60. The summed E-state index contributed by atoms with van der Waals surface area (Å²) in [5, 5.41) is 40.9. The molecule has 0 bridgehead atoms. The zero-order valence-electron chi connectivity index (χ0n) is 17.9. The Morgan fingerprint density at radius 1 is 1.24 bits per heavy atom. The van der Waals surface area contributed by atoms with Gasteiger partial charge in [0, 0.05) is 13.3 Å². The third-order valence-electron chi connectivity index (χ3n) is 4.03. The molecule has 0 fully saturated rings. The first-order chi connectivity index (χ1) is 15.5. The third kappa shape index (κ3) is 9.90. The van der Waals surface area contributed by atoms with E-state index in [-0.39, 0.29) is 12.4 Å². The number of carbonyl (C=O) groups excluding carboxylic acids is 2. The summed E-state index contributed by atoms with van der Waals surface area (Å²) in [6.07, 6.45) is -6.71. The maximum atomic E-state index is 11.8. The molecular weight excluding hydrogens is 475 g/mol. The SMILES string of the molecule is CCC(=O)N[C@@H]([C@@H]1OC(C(=O)O)=C[C@H](N=C(N)N)[C@H]1NC(C)=O)[C@H](O)CO.O=C(O)C(F)(F)F. The number of aliphatic hydroxyl groups excluding tert-OH is 2. The van der Waals surface area contributed by atoms with E-state index >= 15 is 0 Å². The van der Waals surface area contributed by atoms with E-state index in [2.05, 4.69) is 15.6 Å². The number of hydrogen-bond donors (Lipinski definition) is 8. The molecule has 0 aliphatic carbocycles. The van der Waals surface area contributed by atoms with Crippen LogP contribution in [0.4, 0.5) is 13.2 Å². The van der Waals surface area contributed by atoms with Crippen molar-refractivity contribution in [3.05, 3.63) is 11.8 Å². The molecule has 2 amide bonds. The fraction of sp³-hybridized carbons (Fsp3) is 0.588. The number of aliphatic carboxylic acids is 2. The second-order valence-electron chi connectivity index (χ2n) is 6.69. The number of nitrogens with one attached hydrogen (secondary N) is 2. The number of amides is 2. The number of rotatable bonds is 8. The first-order valence-electron chi connectivity index (χ1n) is 9.41. The van der Waals surface area contributed by atoms with Crippen LogP contribution in [0.2, 0.25) is 0 Å². The van der Waals surface area contributed by atoms with Crippen molar-refractivity contribution in [3.63, 3.8) is 0 Å². The van der Waals surface area contributed by atoms with Crippen LogP contribution in [0.3, 0.4) is 0 Å². The van der Waals surface area contributed by atoms with Gasteiger partial charge in [-0.1, -0.05) is 6.92 Å². The Bertz CT molecular complexity index is 815. The molecule has 0 saturated heterocycles. The fourth-order valence-corrected chi connectivity index (χ4v) is 2.62. The van der Waals surface area contributed by atoms with Crippen LogP contribution in [-0.4, -0.2) is 93.3 Å². The van der Waals surface area contributed by atoms with Gasteiger partial charge in [-0.15, -0.1) is 0 Å². The molecular formula is C17H26F3N5O9. The molecule has 0 aromatic carbocycles. The molecule has 194 valence electrons. The van der Waals surface area contributed by atoms with Crippen molar-refractivity contribution in [1.82, 2.24) is 10.6 Å². The zero-order chi connectivity index (χ0) is 26.8. The quantitative estimate of drug-likeness (QED) is 0.126. The first kappa shape index (κ1) is 30.4. The van der Waals surface area contributed by atoms with Gasteiger partial charge in [0.15, 0.2) is 5.96 Å². The predicted octanol–water partition coefficient (Wildman–Crippen LogP) is -2.62. The number of carboxylic acids is 2. The summed E-state index contributed by atoms with van der Waals surface area (Å²) >= 11 is 0. The van der Waals surface area contributed by atoms with E-state index in [1.165, 1.54) is 6.92 Å². The molecule has 14 nitrogen and oxygen atoms in total. The number of halogens is 3. The van der Waals surface area contributed by atoms with Crippen molar-refractivity contribution in [1.29, 1.82) is 0 Å². The minimum Gasteiger partial charge on any atom is -0.479 e. The summed E-state index contributed by atoms with van der Waals surface area (Å²) < 4.78 is 37.1. The number of nitrogens with two attached hydrogens (primary N) is 2. The van der Waals surface area contributed by atoms with Gasteiger partial charge < -0.3 is 47.3 Å². The van der Waals surface area contributed by atoms with Crippen LogP contribution in [0, 0.1) is 0 Å². The molecule has 0 aromatic rings. The highest BCUT2D eigenvalue weighted by molar-refractivity contribution is 5.85. The Kier molecular flexibility index (Phi) is 11.8. The molecule has 0 aromatic heterocycles. The summed E-state index contributed by atoms with van der Waals surface area (Å²) in [7, 11) is 0. The van der Waals surface area contributed by atoms with Gasteiger partial charge in [0.1, 0.15) is 12.2 Å². The zero-order valence-corrected chi connectivity index (χ0v) is 17.9. The van der Waals surface area contributed by atoms with E-state index in [0.29, 0.717) is 0 Å². The number of carbonyl (C=O) groups is 4. The molecule has 0 saturated carbocycles. The van der Waals surface area contributed by atoms with E-state index in [4.69, 9.17) is 26.1 Å². The number of nitrogens with zero attached hydrogens (tertiary/aromatic N) is 1. The Morgan fingerprint density at radius 3 is 2.12 bits per heavy atom. The van der Waals surface area contributed by atoms with Crippen LogP contribution in [0.1, 0.15) is 20.3 Å². The van der Waals surface area contributed by atoms with Crippen LogP contribution >= 0.6 is 0 Å². The minimum absolute atomic E-state index is 0.0606. The molecule has 1 aliphatic rings. The Labute approximate surface area is 190 Å².